The van der Waals surface area contributed by atoms with Gasteiger partial charge in [-0.05, 0) is 58.0 Å². The molecule has 21 heavy (non-hydrogen) atoms. The zero-order chi connectivity index (χ0) is 14.9. The number of rotatable bonds is 4. The van der Waals surface area contributed by atoms with Crippen LogP contribution in [0.5, 0.6) is 0 Å². The molecule has 118 valence electrons. The molecule has 1 aromatic rings. The van der Waals surface area contributed by atoms with Gasteiger partial charge in [0, 0.05) is 18.8 Å². The second kappa shape index (κ2) is 6.09. The number of imidazole rings is 1. The summed E-state index contributed by atoms with van der Waals surface area (Å²) in [5.41, 5.74) is 8.09. The number of aromatic nitrogens is 2. The number of hydrogen-bond donors (Lipinski definition) is 1. The van der Waals surface area contributed by atoms with Gasteiger partial charge in [-0.25, -0.2) is 4.98 Å². The van der Waals surface area contributed by atoms with E-state index in [2.05, 4.69) is 28.3 Å². The summed E-state index contributed by atoms with van der Waals surface area (Å²) in [6.07, 6.45) is 12.5. The smallest absolute Gasteiger partial charge is 0.0951 e. The van der Waals surface area contributed by atoms with Crippen molar-refractivity contribution >= 4 is 0 Å². The Morgan fingerprint density at radius 2 is 1.86 bits per heavy atom. The van der Waals surface area contributed by atoms with E-state index in [9.17, 15) is 0 Å². The highest BCUT2D eigenvalue weighted by Gasteiger charge is 2.38. The van der Waals surface area contributed by atoms with Crippen molar-refractivity contribution in [2.24, 2.45) is 11.1 Å². The van der Waals surface area contributed by atoms with E-state index in [1.54, 1.807) is 0 Å². The van der Waals surface area contributed by atoms with E-state index in [1.165, 1.54) is 57.3 Å². The largest absolute Gasteiger partial charge is 0.331 e. The van der Waals surface area contributed by atoms with E-state index in [1.807, 2.05) is 12.5 Å². The topological polar surface area (TPSA) is 47.1 Å². The maximum Gasteiger partial charge on any atom is 0.0951 e. The lowest BCUT2D eigenvalue weighted by Gasteiger charge is -2.42. The van der Waals surface area contributed by atoms with Crippen LogP contribution in [-0.4, -0.2) is 34.1 Å². The molecule has 0 bridgehead atoms. The van der Waals surface area contributed by atoms with Crippen molar-refractivity contribution in [3.63, 3.8) is 0 Å². The molecule has 1 aromatic heterocycles. The minimum absolute atomic E-state index is 0.327. The summed E-state index contributed by atoms with van der Waals surface area (Å²) >= 11 is 0. The molecule has 0 radical (unpaired) electrons. The van der Waals surface area contributed by atoms with Crippen LogP contribution in [0.15, 0.2) is 12.5 Å². The summed E-state index contributed by atoms with van der Waals surface area (Å²) in [4.78, 5) is 6.96. The van der Waals surface area contributed by atoms with Gasteiger partial charge in [0.1, 0.15) is 0 Å². The lowest BCUT2D eigenvalue weighted by Crippen LogP contribution is -2.43. The van der Waals surface area contributed by atoms with Crippen molar-refractivity contribution in [3.05, 3.63) is 18.2 Å². The van der Waals surface area contributed by atoms with Crippen molar-refractivity contribution in [1.29, 1.82) is 0 Å². The van der Waals surface area contributed by atoms with Crippen LogP contribution in [0.4, 0.5) is 0 Å². The molecule has 1 saturated heterocycles. The van der Waals surface area contributed by atoms with Gasteiger partial charge in [-0.2, -0.15) is 0 Å². The van der Waals surface area contributed by atoms with Crippen molar-refractivity contribution in [1.82, 2.24) is 14.5 Å². The summed E-state index contributed by atoms with van der Waals surface area (Å²) in [7, 11) is 0. The molecule has 4 nitrogen and oxygen atoms in total. The average molecular weight is 290 g/mol. The molecule has 1 atom stereocenters. The van der Waals surface area contributed by atoms with Crippen LogP contribution in [0, 0.1) is 5.41 Å². The van der Waals surface area contributed by atoms with Gasteiger partial charge in [-0.15, -0.1) is 0 Å². The molecule has 0 amide bonds. The van der Waals surface area contributed by atoms with Crippen LogP contribution in [0.2, 0.25) is 0 Å². The first-order chi connectivity index (χ1) is 10.2. The van der Waals surface area contributed by atoms with Gasteiger partial charge >= 0.3 is 0 Å². The van der Waals surface area contributed by atoms with E-state index < -0.39 is 0 Å². The van der Waals surface area contributed by atoms with Gasteiger partial charge < -0.3 is 10.3 Å². The Morgan fingerprint density at radius 1 is 1.19 bits per heavy atom. The van der Waals surface area contributed by atoms with Crippen molar-refractivity contribution < 1.29 is 0 Å². The van der Waals surface area contributed by atoms with Crippen molar-refractivity contribution in [3.8, 4) is 0 Å². The molecule has 1 aliphatic heterocycles. The predicted octanol–water partition coefficient (Wildman–Crippen LogP) is 3.12. The fourth-order valence-electron chi connectivity index (χ4n) is 4.40. The molecule has 1 saturated carbocycles. The normalized spacial score (nSPS) is 24.0. The van der Waals surface area contributed by atoms with E-state index in [0.717, 1.165) is 0 Å². The first-order valence-electron chi connectivity index (χ1n) is 8.61. The highest BCUT2D eigenvalue weighted by molar-refractivity contribution is 5.08. The van der Waals surface area contributed by atoms with Crippen LogP contribution in [0.1, 0.15) is 70.2 Å². The van der Waals surface area contributed by atoms with E-state index in [0.29, 0.717) is 24.0 Å². The quantitative estimate of drug-likeness (QED) is 0.927. The Kier molecular flexibility index (Phi) is 4.36. The lowest BCUT2D eigenvalue weighted by molar-refractivity contribution is 0.0750. The van der Waals surface area contributed by atoms with Crippen molar-refractivity contribution in [2.45, 2.75) is 64.5 Å². The third kappa shape index (κ3) is 2.88. The SMILES string of the molecule is CC(C)n1cncc1C(CN)N1CCC2(CCCC2)CC1. The monoisotopic (exact) mass is 290 g/mol. The highest BCUT2D eigenvalue weighted by atomic mass is 15.2. The molecule has 1 spiro atoms. The van der Waals surface area contributed by atoms with Crippen molar-refractivity contribution in [2.75, 3.05) is 19.6 Å². The summed E-state index contributed by atoms with van der Waals surface area (Å²) in [5.74, 6) is 0. The van der Waals surface area contributed by atoms with Gasteiger partial charge in [0.2, 0.25) is 0 Å². The minimum Gasteiger partial charge on any atom is -0.331 e. The molecular weight excluding hydrogens is 260 g/mol. The first kappa shape index (κ1) is 15.0. The Bertz CT molecular complexity index is 449. The fraction of sp³-hybridized carbons (Fsp3) is 0.824. The predicted molar refractivity (Wildman–Crippen MR) is 86.1 cm³/mol. The molecule has 2 aliphatic rings. The number of piperidine rings is 1. The number of nitrogens with two attached hydrogens (primary N) is 1. The highest BCUT2D eigenvalue weighted by Crippen LogP contribution is 2.47. The van der Waals surface area contributed by atoms with Gasteiger partial charge in [0.25, 0.3) is 0 Å². The second-order valence-corrected chi connectivity index (χ2v) is 7.31. The lowest BCUT2D eigenvalue weighted by atomic mass is 9.76. The Labute approximate surface area is 128 Å². The maximum absolute atomic E-state index is 6.13. The fourth-order valence-corrected chi connectivity index (χ4v) is 4.40. The maximum atomic E-state index is 6.13. The summed E-state index contributed by atoms with van der Waals surface area (Å²) in [5, 5.41) is 0. The molecule has 2 N–H and O–H groups in total. The van der Waals surface area contributed by atoms with Gasteiger partial charge in [-0.3, -0.25) is 4.90 Å². The van der Waals surface area contributed by atoms with Gasteiger partial charge in [0.05, 0.1) is 18.1 Å². The third-order valence-electron chi connectivity index (χ3n) is 5.78. The molecule has 2 heterocycles. The number of likely N-dealkylation sites (tertiary alicyclic amines) is 1. The van der Waals surface area contributed by atoms with E-state index >= 15 is 0 Å². The third-order valence-corrected chi connectivity index (χ3v) is 5.78. The van der Waals surface area contributed by atoms with Crippen LogP contribution in [-0.2, 0) is 0 Å². The Morgan fingerprint density at radius 3 is 2.43 bits per heavy atom. The second-order valence-electron chi connectivity index (χ2n) is 7.31. The molecule has 1 aliphatic carbocycles. The molecular formula is C17H30N4. The average Bonchev–Trinajstić information content (AvgIpc) is 3.12. The van der Waals surface area contributed by atoms with Crippen LogP contribution in [0.3, 0.4) is 0 Å². The zero-order valence-electron chi connectivity index (χ0n) is 13.6. The minimum atomic E-state index is 0.327. The van der Waals surface area contributed by atoms with Gasteiger partial charge in [0.15, 0.2) is 0 Å². The van der Waals surface area contributed by atoms with E-state index in [4.69, 9.17) is 5.73 Å². The summed E-state index contributed by atoms with van der Waals surface area (Å²) in [6.45, 7) is 7.51. The summed E-state index contributed by atoms with van der Waals surface area (Å²) < 4.78 is 2.28. The van der Waals surface area contributed by atoms with E-state index in [-0.39, 0.29) is 0 Å². The van der Waals surface area contributed by atoms with Gasteiger partial charge in [-0.1, -0.05) is 12.8 Å². The molecule has 1 unspecified atom stereocenters. The molecule has 4 heteroatoms. The summed E-state index contributed by atoms with van der Waals surface area (Å²) in [6, 6.07) is 0.774. The van der Waals surface area contributed by atoms with Crippen LogP contribution >= 0.6 is 0 Å². The Balaban J connectivity index is 1.71. The molecule has 3 rings (SSSR count). The van der Waals surface area contributed by atoms with Crippen LogP contribution < -0.4 is 5.73 Å². The number of nitrogens with zero attached hydrogens (tertiary/aromatic N) is 3. The molecule has 2 fully saturated rings. The molecule has 0 aromatic carbocycles. The zero-order valence-corrected chi connectivity index (χ0v) is 13.6. The Hall–Kier alpha value is -0.870. The van der Waals surface area contributed by atoms with Crippen LogP contribution in [0.25, 0.3) is 0 Å². The first-order valence-corrected chi connectivity index (χ1v) is 8.61. The number of hydrogen-bond acceptors (Lipinski definition) is 3. The standard InChI is InChI=1S/C17H30N4/c1-14(2)21-13-19-12-16(21)15(11-18)20-9-7-17(8-10-20)5-3-4-6-17/h12-15H,3-11,18H2,1-2H3.